The van der Waals surface area contributed by atoms with Crippen LogP contribution in [-0.4, -0.2) is 48.2 Å². The summed E-state index contributed by atoms with van der Waals surface area (Å²) < 4.78 is 5.57. The number of likely N-dealkylation sites (N-methyl/N-ethyl adjacent to an activating group) is 1. The van der Waals surface area contributed by atoms with E-state index in [9.17, 15) is 4.79 Å². The zero-order chi connectivity index (χ0) is 12.3. The highest BCUT2D eigenvalue weighted by atomic mass is 16.5. The first kappa shape index (κ1) is 11.8. The van der Waals surface area contributed by atoms with Gasteiger partial charge in [0.25, 0.3) is 5.91 Å². The van der Waals surface area contributed by atoms with Crippen molar-refractivity contribution in [3.05, 3.63) is 18.6 Å². The van der Waals surface area contributed by atoms with E-state index in [0.717, 1.165) is 12.4 Å². The van der Waals surface area contributed by atoms with Gasteiger partial charge in [-0.25, -0.2) is 9.97 Å². The van der Waals surface area contributed by atoms with Gasteiger partial charge in [-0.15, -0.1) is 0 Å². The van der Waals surface area contributed by atoms with E-state index in [0.29, 0.717) is 13.2 Å². The molecule has 0 radical (unpaired) electrons. The quantitative estimate of drug-likeness (QED) is 0.771. The largest absolute Gasteiger partial charge is 0.362 e. The Balaban J connectivity index is 2.15. The average molecular weight is 236 g/mol. The monoisotopic (exact) mass is 236 g/mol. The lowest BCUT2D eigenvalue weighted by atomic mass is 10.0. The summed E-state index contributed by atoms with van der Waals surface area (Å²) in [7, 11) is 1.61. The van der Waals surface area contributed by atoms with Crippen molar-refractivity contribution in [3.63, 3.8) is 0 Å². The van der Waals surface area contributed by atoms with Crippen LogP contribution in [-0.2, 0) is 9.53 Å². The topological polar surface area (TPSA) is 67.4 Å². The van der Waals surface area contributed by atoms with Crippen LogP contribution in [0.25, 0.3) is 0 Å². The number of hydrogen-bond donors (Lipinski definition) is 1. The second-order valence-electron chi connectivity index (χ2n) is 4.15. The van der Waals surface area contributed by atoms with E-state index < -0.39 is 5.60 Å². The Hall–Kier alpha value is -1.69. The summed E-state index contributed by atoms with van der Waals surface area (Å²) >= 11 is 0. The smallest absolute Gasteiger partial charge is 0.253 e. The molecule has 0 saturated carbocycles. The lowest BCUT2D eigenvalue weighted by Gasteiger charge is -2.39. The van der Waals surface area contributed by atoms with Gasteiger partial charge in [-0.3, -0.25) is 4.79 Å². The van der Waals surface area contributed by atoms with Gasteiger partial charge in [0.05, 0.1) is 13.2 Å². The minimum atomic E-state index is -0.821. The summed E-state index contributed by atoms with van der Waals surface area (Å²) in [6.07, 6.45) is 3.19. The Labute approximate surface area is 100 Å². The molecule has 17 heavy (non-hydrogen) atoms. The molecule has 0 aromatic carbocycles. The average Bonchev–Trinajstić information content (AvgIpc) is 2.39. The summed E-state index contributed by atoms with van der Waals surface area (Å²) in [4.78, 5) is 21.9. The molecule has 2 rings (SSSR count). The van der Waals surface area contributed by atoms with Crippen LogP contribution in [0.5, 0.6) is 0 Å². The fourth-order valence-corrected chi connectivity index (χ4v) is 1.94. The van der Waals surface area contributed by atoms with E-state index >= 15 is 0 Å². The van der Waals surface area contributed by atoms with Crippen LogP contribution < -0.4 is 10.2 Å². The molecule has 1 aromatic heterocycles. The Bertz CT molecular complexity index is 398. The van der Waals surface area contributed by atoms with Gasteiger partial charge in [0.1, 0.15) is 12.1 Å². The Morgan fingerprint density at radius 1 is 1.65 bits per heavy atom. The van der Waals surface area contributed by atoms with Gasteiger partial charge < -0.3 is 15.0 Å². The van der Waals surface area contributed by atoms with Gasteiger partial charge >= 0.3 is 0 Å². The molecule has 1 fully saturated rings. The predicted octanol–water partition coefficient (Wildman–Crippen LogP) is -0.182. The van der Waals surface area contributed by atoms with Crippen molar-refractivity contribution in [2.45, 2.75) is 12.5 Å². The van der Waals surface area contributed by atoms with Crippen molar-refractivity contribution in [2.24, 2.45) is 0 Å². The van der Waals surface area contributed by atoms with Crippen LogP contribution >= 0.6 is 0 Å². The van der Waals surface area contributed by atoms with Crippen molar-refractivity contribution < 1.29 is 9.53 Å². The van der Waals surface area contributed by atoms with Crippen LogP contribution in [0.3, 0.4) is 0 Å². The second-order valence-corrected chi connectivity index (χ2v) is 4.15. The number of rotatable bonds is 2. The number of morpholine rings is 1. The zero-order valence-corrected chi connectivity index (χ0v) is 10.0. The summed E-state index contributed by atoms with van der Waals surface area (Å²) in [5.74, 6) is 0.703. The molecule has 0 aliphatic carbocycles. The molecule has 0 unspecified atom stereocenters. The summed E-state index contributed by atoms with van der Waals surface area (Å²) in [5.41, 5.74) is -0.821. The summed E-state index contributed by atoms with van der Waals surface area (Å²) in [6, 6.07) is 1.83. The van der Waals surface area contributed by atoms with E-state index in [4.69, 9.17) is 4.74 Å². The first-order chi connectivity index (χ1) is 8.15. The molecule has 1 aromatic rings. The lowest BCUT2D eigenvalue weighted by molar-refractivity contribution is -0.145. The highest BCUT2D eigenvalue weighted by Crippen LogP contribution is 2.21. The Morgan fingerprint density at radius 2 is 2.47 bits per heavy atom. The number of hydrogen-bond acceptors (Lipinski definition) is 5. The third kappa shape index (κ3) is 2.36. The number of carbonyl (C=O) groups excluding carboxylic acids is 1. The second kappa shape index (κ2) is 4.67. The summed E-state index contributed by atoms with van der Waals surface area (Å²) in [5, 5.41) is 2.62. The van der Waals surface area contributed by atoms with Crippen LogP contribution in [0.15, 0.2) is 18.6 Å². The van der Waals surface area contributed by atoms with Gasteiger partial charge in [-0.2, -0.15) is 0 Å². The number of carbonyl (C=O) groups is 1. The normalized spacial score (nSPS) is 24.5. The molecule has 6 heteroatoms. The number of nitrogens with zero attached hydrogens (tertiary/aromatic N) is 3. The maximum absolute atomic E-state index is 11.8. The minimum Gasteiger partial charge on any atom is -0.362 e. The maximum Gasteiger partial charge on any atom is 0.253 e. The van der Waals surface area contributed by atoms with Crippen LogP contribution in [0.1, 0.15) is 6.92 Å². The third-order valence-electron chi connectivity index (χ3n) is 2.87. The zero-order valence-electron chi connectivity index (χ0n) is 10.0. The predicted molar refractivity (Wildman–Crippen MR) is 62.7 cm³/mol. The molecule has 0 spiro atoms. The summed E-state index contributed by atoms with van der Waals surface area (Å²) in [6.45, 7) is 3.51. The van der Waals surface area contributed by atoms with Crippen LogP contribution in [0, 0.1) is 0 Å². The fraction of sp³-hybridized carbons (Fsp3) is 0.545. The molecule has 1 saturated heterocycles. The van der Waals surface area contributed by atoms with Gasteiger partial charge in [0, 0.05) is 19.8 Å². The first-order valence-electron chi connectivity index (χ1n) is 5.53. The number of ether oxygens (including phenoxy) is 1. The molecule has 1 aliphatic rings. The molecule has 92 valence electrons. The van der Waals surface area contributed by atoms with Crippen molar-refractivity contribution in [1.29, 1.82) is 0 Å². The Morgan fingerprint density at radius 3 is 3.12 bits per heavy atom. The van der Waals surface area contributed by atoms with Crippen LogP contribution in [0.4, 0.5) is 5.82 Å². The van der Waals surface area contributed by atoms with E-state index in [1.54, 1.807) is 20.2 Å². The van der Waals surface area contributed by atoms with Crippen molar-refractivity contribution in [3.8, 4) is 0 Å². The maximum atomic E-state index is 11.8. The SMILES string of the molecule is CNC(=O)[C@@]1(C)CN(c2ccncn2)CCO1. The minimum absolute atomic E-state index is 0.115. The highest BCUT2D eigenvalue weighted by Gasteiger charge is 2.39. The fourth-order valence-electron chi connectivity index (χ4n) is 1.94. The van der Waals surface area contributed by atoms with Gasteiger partial charge in [0.15, 0.2) is 5.60 Å². The molecule has 1 atom stereocenters. The molecule has 1 aliphatic heterocycles. The third-order valence-corrected chi connectivity index (χ3v) is 2.87. The molecular formula is C11H16N4O2. The van der Waals surface area contributed by atoms with E-state index in [1.165, 1.54) is 6.33 Å². The number of aromatic nitrogens is 2. The first-order valence-corrected chi connectivity index (χ1v) is 5.53. The van der Waals surface area contributed by atoms with E-state index in [-0.39, 0.29) is 5.91 Å². The standard InChI is InChI=1S/C11H16N4O2/c1-11(10(16)12-2)7-15(5-6-17-11)9-3-4-13-8-14-9/h3-4,8H,5-7H2,1-2H3,(H,12,16)/t11-/m1/s1. The number of nitrogens with one attached hydrogen (secondary N) is 1. The van der Waals surface area contributed by atoms with Crippen LogP contribution in [0.2, 0.25) is 0 Å². The van der Waals surface area contributed by atoms with Crippen molar-refractivity contribution in [1.82, 2.24) is 15.3 Å². The number of anilines is 1. The van der Waals surface area contributed by atoms with Crippen molar-refractivity contribution in [2.75, 3.05) is 31.6 Å². The lowest BCUT2D eigenvalue weighted by Crippen LogP contribution is -2.58. The molecule has 6 nitrogen and oxygen atoms in total. The van der Waals surface area contributed by atoms with Gasteiger partial charge in [0.2, 0.25) is 0 Å². The molecule has 2 heterocycles. The molecule has 1 N–H and O–H groups in total. The molecule has 0 bridgehead atoms. The van der Waals surface area contributed by atoms with E-state index in [2.05, 4.69) is 15.3 Å². The van der Waals surface area contributed by atoms with Crippen molar-refractivity contribution >= 4 is 11.7 Å². The Kier molecular flexibility index (Phi) is 3.23. The molecule has 1 amide bonds. The highest BCUT2D eigenvalue weighted by molar-refractivity contribution is 5.85. The van der Waals surface area contributed by atoms with Gasteiger partial charge in [-0.05, 0) is 13.0 Å². The molecular weight excluding hydrogens is 220 g/mol. The van der Waals surface area contributed by atoms with E-state index in [1.807, 2.05) is 11.0 Å². The van der Waals surface area contributed by atoms with Gasteiger partial charge in [-0.1, -0.05) is 0 Å². The number of amides is 1.